The van der Waals surface area contributed by atoms with Gasteiger partial charge in [0, 0.05) is 22.7 Å². The summed E-state index contributed by atoms with van der Waals surface area (Å²) in [5.41, 5.74) is 11.2. The molecule has 2 aromatic heterocycles. The lowest BCUT2D eigenvalue weighted by atomic mass is 9.99. The lowest BCUT2D eigenvalue weighted by Crippen LogP contribution is -1.98. The van der Waals surface area contributed by atoms with Crippen LogP contribution in [0.25, 0.3) is 22.0 Å². The van der Waals surface area contributed by atoms with Crippen LogP contribution in [-0.2, 0) is 6.42 Å². The largest absolute Gasteiger partial charge is 0.384 e. The SMILES string of the molecule is CCc1nc(N)ccc1-c1cccc2cc(C)cnc12.Cl. The Morgan fingerprint density at radius 3 is 2.67 bits per heavy atom. The average molecular weight is 300 g/mol. The summed E-state index contributed by atoms with van der Waals surface area (Å²) in [5, 5.41) is 1.15. The van der Waals surface area contributed by atoms with Gasteiger partial charge in [-0.2, -0.15) is 0 Å². The zero-order valence-electron chi connectivity index (χ0n) is 12.1. The average Bonchev–Trinajstić information content (AvgIpc) is 2.46. The molecular weight excluding hydrogens is 282 g/mol. The van der Waals surface area contributed by atoms with Gasteiger partial charge in [-0.15, -0.1) is 12.4 Å². The molecule has 0 radical (unpaired) electrons. The number of anilines is 1. The molecule has 3 aromatic rings. The van der Waals surface area contributed by atoms with Gasteiger partial charge in [0.05, 0.1) is 11.2 Å². The molecule has 0 spiro atoms. The Morgan fingerprint density at radius 2 is 1.90 bits per heavy atom. The molecule has 0 aliphatic rings. The number of rotatable bonds is 2. The van der Waals surface area contributed by atoms with Crippen molar-refractivity contribution in [3.05, 3.63) is 53.9 Å². The Balaban J connectivity index is 0.00000161. The summed E-state index contributed by atoms with van der Waals surface area (Å²) in [7, 11) is 0. The number of hydrogen-bond acceptors (Lipinski definition) is 3. The molecule has 0 bridgehead atoms. The normalized spacial score (nSPS) is 10.4. The highest BCUT2D eigenvalue weighted by Gasteiger charge is 2.10. The Labute approximate surface area is 130 Å². The van der Waals surface area contributed by atoms with Gasteiger partial charge in [-0.25, -0.2) is 4.98 Å². The minimum Gasteiger partial charge on any atom is -0.384 e. The summed E-state index contributed by atoms with van der Waals surface area (Å²) in [4.78, 5) is 9.04. The van der Waals surface area contributed by atoms with Crippen molar-refractivity contribution in [1.29, 1.82) is 0 Å². The number of para-hydroxylation sites is 1. The Hall–Kier alpha value is -2.13. The third-order valence-corrected chi connectivity index (χ3v) is 3.47. The first kappa shape index (κ1) is 15.3. The Bertz CT molecular complexity index is 784. The number of halogens is 1. The number of hydrogen-bond donors (Lipinski definition) is 1. The van der Waals surface area contributed by atoms with E-state index in [4.69, 9.17) is 5.73 Å². The van der Waals surface area contributed by atoms with Crippen LogP contribution in [-0.4, -0.2) is 9.97 Å². The number of aromatic nitrogens is 2. The summed E-state index contributed by atoms with van der Waals surface area (Å²) >= 11 is 0. The predicted octanol–water partition coefficient (Wildman–Crippen LogP) is 4.17. The molecule has 0 fully saturated rings. The maximum atomic E-state index is 5.79. The van der Waals surface area contributed by atoms with E-state index in [9.17, 15) is 0 Å². The van der Waals surface area contributed by atoms with E-state index in [1.165, 1.54) is 5.56 Å². The van der Waals surface area contributed by atoms with Gasteiger partial charge < -0.3 is 5.73 Å². The van der Waals surface area contributed by atoms with Crippen molar-refractivity contribution in [3.63, 3.8) is 0 Å². The van der Waals surface area contributed by atoms with Crippen LogP contribution in [0.2, 0.25) is 0 Å². The second-order valence-electron chi connectivity index (χ2n) is 4.97. The monoisotopic (exact) mass is 299 g/mol. The molecule has 2 N–H and O–H groups in total. The third kappa shape index (κ3) is 2.83. The van der Waals surface area contributed by atoms with Crippen molar-refractivity contribution < 1.29 is 0 Å². The molecule has 0 amide bonds. The second-order valence-corrected chi connectivity index (χ2v) is 4.97. The van der Waals surface area contributed by atoms with E-state index >= 15 is 0 Å². The molecule has 21 heavy (non-hydrogen) atoms. The minimum absolute atomic E-state index is 0. The molecule has 4 heteroatoms. The van der Waals surface area contributed by atoms with Gasteiger partial charge >= 0.3 is 0 Å². The molecule has 0 saturated heterocycles. The molecule has 0 unspecified atom stereocenters. The molecule has 2 heterocycles. The second kappa shape index (κ2) is 6.10. The van der Waals surface area contributed by atoms with E-state index in [-0.39, 0.29) is 12.4 Å². The first-order valence-corrected chi connectivity index (χ1v) is 6.80. The zero-order valence-corrected chi connectivity index (χ0v) is 12.9. The Kier molecular flexibility index (Phi) is 4.43. The first-order valence-electron chi connectivity index (χ1n) is 6.80. The highest BCUT2D eigenvalue weighted by atomic mass is 35.5. The van der Waals surface area contributed by atoms with Crippen LogP contribution in [0.3, 0.4) is 0 Å². The first-order chi connectivity index (χ1) is 9.69. The van der Waals surface area contributed by atoms with Crippen LogP contribution in [0, 0.1) is 6.92 Å². The van der Waals surface area contributed by atoms with Crippen molar-refractivity contribution in [3.8, 4) is 11.1 Å². The van der Waals surface area contributed by atoms with E-state index in [1.807, 2.05) is 18.3 Å². The van der Waals surface area contributed by atoms with Gasteiger partial charge in [-0.05, 0) is 37.1 Å². The number of pyridine rings is 2. The highest BCUT2D eigenvalue weighted by molar-refractivity contribution is 5.94. The third-order valence-electron chi connectivity index (χ3n) is 3.47. The Morgan fingerprint density at radius 1 is 1.10 bits per heavy atom. The lowest BCUT2D eigenvalue weighted by Gasteiger charge is -2.11. The number of nitrogens with two attached hydrogens (primary N) is 1. The molecule has 3 rings (SSSR count). The van der Waals surface area contributed by atoms with Crippen LogP contribution in [0.5, 0.6) is 0 Å². The van der Waals surface area contributed by atoms with Gasteiger partial charge in [0.25, 0.3) is 0 Å². The number of fused-ring (bicyclic) bond motifs is 1. The number of nitrogen functional groups attached to an aromatic ring is 1. The standard InChI is InChI=1S/C17H17N3.ClH/c1-3-15-13(7-8-16(18)20-15)14-6-4-5-12-9-11(2)10-19-17(12)14;/h4-10H,3H2,1-2H3,(H2,18,20);1H. The number of benzene rings is 1. The van der Waals surface area contributed by atoms with Crippen LogP contribution in [0.15, 0.2) is 42.6 Å². The highest BCUT2D eigenvalue weighted by Crippen LogP contribution is 2.30. The molecule has 0 aliphatic carbocycles. The van der Waals surface area contributed by atoms with Crippen LogP contribution >= 0.6 is 12.4 Å². The molecule has 3 nitrogen and oxygen atoms in total. The van der Waals surface area contributed by atoms with Crippen LogP contribution in [0.4, 0.5) is 5.82 Å². The van der Waals surface area contributed by atoms with Crippen LogP contribution < -0.4 is 5.73 Å². The molecule has 108 valence electrons. The topological polar surface area (TPSA) is 51.8 Å². The fourth-order valence-corrected chi connectivity index (χ4v) is 2.52. The summed E-state index contributed by atoms with van der Waals surface area (Å²) in [5.74, 6) is 0.564. The van der Waals surface area contributed by atoms with Crippen molar-refractivity contribution >= 4 is 29.1 Å². The van der Waals surface area contributed by atoms with E-state index in [1.54, 1.807) is 0 Å². The summed E-state index contributed by atoms with van der Waals surface area (Å²) < 4.78 is 0. The van der Waals surface area contributed by atoms with E-state index in [0.717, 1.165) is 34.1 Å². The van der Waals surface area contributed by atoms with Crippen molar-refractivity contribution in [2.75, 3.05) is 5.73 Å². The fraction of sp³-hybridized carbons (Fsp3) is 0.176. The quantitative estimate of drug-likeness (QED) is 0.772. The van der Waals surface area contributed by atoms with Gasteiger partial charge in [-0.1, -0.05) is 25.1 Å². The van der Waals surface area contributed by atoms with Crippen molar-refractivity contribution in [2.45, 2.75) is 20.3 Å². The predicted molar refractivity (Wildman–Crippen MR) is 90.7 cm³/mol. The van der Waals surface area contributed by atoms with Crippen LogP contribution in [0.1, 0.15) is 18.2 Å². The van der Waals surface area contributed by atoms with E-state index < -0.39 is 0 Å². The lowest BCUT2D eigenvalue weighted by molar-refractivity contribution is 1.04. The maximum absolute atomic E-state index is 5.79. The zero-order chi connectivity index (χ0) is 14.1. The number of aryl methyl sites for hydroxylation is 2. The molecule has 0 aliphatic heterocycles. The van der Waals surface area contributed by atoms with Gasteiger partial charge in [0.2, 0.25) is 0 Å². The minimum atomic E-state index is 0. The summed E-state index contributed by atoms with van der Waals surface area (Å²) in [6.45, 7) is 4.15. The summed E-state index contributed by atoms with van der Waals surface area (Å²) in [6.07, 6.45) is 2.75. The van der Waals surface area contributed by atoms with E-state index in [2.05, 4.69) is 48.1 Å². The molecule has 0 atom stereocenters. The van der Waals surface area contributed by atoms with Crippen molar-refractivity contribution in [1.82, 2.24) is 9.97 Å². The molecule has 1 aromatic carbocycles. The smallest absolute Gasteiger partial charge is 0.123 e. The fourth-order valence-electron chi connectivity index (χ4n) is 2.52. The van der Waals surface area contributed by atoms with Gasteiger partial charge in [0.15, 0.2) is 0 Å². The summed E-state index contributed by atoms with van der Waals surface area (Å²) in [6, 6.07) is 12.3. The van der Waals surface area contributed by atoms with E-state index in [0.29, 0.717) is 5.82 Å². The van der Waals surface area contributed by atoms with Crippen molar-refractivity contribution in [2.24, 2.45) is 0 Å². The molecule has 0 saturated carbocycles. The van der Waals surface area contributed by atoms with Gasteiger partial charge in [-0.3, -0.25) is 4.98 Å². The van der Waals surface area contributed by atoms with Gasteiger partial charge in [0.1, 0.15) is 5.82 Å². The molecular formula is C17H18ClN3. The maximum Gasteiger partial charge on any atom is 0.123 e. The number of nitrogens with zero attached hydrogens (tertiary/aromatic N) is 2.